The average molecular weight is 599 g/mol. The van der Waals surface area contributed by atoms with Gasteiger partial charge in [0.05, 0.1) is 6.54 Å². The van der Waals surface area contributed by atoms with Crippen LogP contribution in [0.2, 0.25) is 0 Å². The monoisotopic (exact) mass is 598 g/mol. The normalized spacial score (nSPS) is 11.7. The minimum atomic E-state index is -1.03. The number of allylic oxidation sites excluding steroid dienone is 1. The molecular formula is C38H34N2O5. The molecule has 0 fully saturated rings. The van der Waals surface area contributed by atoms with Crippen molar-refractivity contribution in [3.05, 3.63) is 150 Å². The number of nitrogens with zero attached hydrogens (tertiary/aromatic N) is 1. The van der Waals surface area contributed by atoms with Crippen LogP contribution in [0.4, 0.5) is 11.4 Å². The number of ether oxygens (including phenoxy) is 1. The summed E-state index contributed by atoms with van der Waals surface area (Å²) in [4.78, 5) is 39.9. The van der Waals surface area contributed by atoms with Crippen LogP contribution in [0.25, 0.3) is 10.8 Å². The molecular weight excluding hydrogens is 564 g/mol. The molecule has 1 atom stereocenters. The highest BCUT2D eigenvalue weighted by Gasteiger charge is 2.21. The summed E-state index contributed by atoms with van der Waals surface area (Å²) in [6, 6.07) is 36.0. The van der Waals surface area contributed by atoms with E-state index in [-0.39, 0.29) is 24.7 Å². The third-order valence-electron chi connectivity index (χ3n) is 7.40. The number of amides is 1. The number of carboxylic acids is 1. The highest BCUT2D eigenvalue weighted by atomic mass is 16.5. The van der Waals surface area contributed by atoms with Crippen LogP contribution in [-0.4, -0.2) is 42.0 Å². The summed E-state index contributed by atoms with van der Waals surface area (Å²) in [5.41, 5.74) is 2.97. The fraction of sp³-hybridized carbons (Fsp3) is 0.132. The predicted octanol–water partition coefficient (Wildman–Crippen LogP) is 7.17. The fourth-order valence-corrected chi connectivity index (χ4v) is 5.10. The van der Waals surface area contributed by atoms with Gasteiger partial charge in [-0.05, 0) is 65.7 Å². The number of hydrogen-bond acceptors (Lipinski definition) is 5. The van der Waals surface area contributed by atoms with Crippen molar-refractivity contribution in [1.82, 2.24) is 0 Å². The molecule has 0 saturated heterocycles. The molecule has 0 aliphatic heterocycles. The summed E-state index contributed by atoms with van der Waals surface area (Å²) in [6.07, 6.45) is 3.44. The zero-order valence-electron chi connectivity index (χ0n) is 24.9. The van der Waals surface area contributed by atoms with Crippen LogP contribution in [0, 0.1) is 0 Å². The average Bonchev–Trinajstić information content (AvgIpc) is 3.07. The molecule has 2 N–H and O–H groups in total. The molecule has 1 amide bonds. The summed E-state index contributed by atoms with van der Waals surface area (Å²) in [7, 11) is 0. The Morgan fingerprint density at radius 2 is 1.51 bits per heavy atom. The van der Waals surface area contributed by atoms with Gasteiger partial charge in [-0.25, -0.2) is 4.79 Å². The number of rotatable bonds is 13. The van der Waals surface area contributed by atoms with Gasteiger partial charge in [-0.1, -0.05) is 91.0 Å². The second kappa shape index (κ2) is 14.7. The van der Waals surface area contributed by atoms with E-state index in [9.17, 15) is 19.5 Å². The van der Waals surface area contributed by atoms with Gasteiger partial charge in [-0.3, -0.25) is 9.59 Å². The molecule has 5 rings (SSSR count). The number of para-hydroxylation sites is 1. The molecule has 5 aromatic carbocycles. The highest BCUT2D eigenvalue weighted by molar-refractivity contribution is 6.12. The Hall–Kier alpha value is -5.69. The maximum Gasteiger partial charge on any atom is 0.326 e. The Balaban J connectivity index is 1.23. The van der Waals surface area contributed by atoms with Crippen molar-refractivity contribution in [2.75, 3.05) is 23.4 Å². The lowest BCUT2D eigenvalue weighted by Gasteiger charge is -2.22. The third kappa shape index (κ3) is 7.83. The zero-order valence-corrected chi connectivity index (χ0v) is 24.9. The van der Waals surface area contributed by atoms with E-state index in [4.69, 9.17) is 4.74 Å². The van der Waals surface area contributed by atoms with Crippen LogP contribution in [-0.2, 0) is 16.0 Å². The van der Waals surface area contributed by atoms with Crippen LogP contribution < -0.4 is 15.0 Å². The first-order chi connectivity index (χ1) is 21.9. The largest absolute Gasteiger partial charge is 0.492 e. The van der Waals surface area contributed by atoms with Gasteiger partial charge in [-0.2, -0.15) is 0 Å². The maximum absolute atomic E-state index is 13.1. The molecule has 0 radical (unpaired) electrons. The molecule has 5 aromatic rings. The van der Waals surface area contributed by atoms with E-state index in [0.717, 1.165) is 22.0 Å². The van der Waals surface area contributed by atoms with Crippen molar-refractivity contribution < 1.29 is 24.2 Å². The Labute approximate surface area is 262 Å². The quantitative estimate of drug-likeness (QED) is 0.110. The van der Waals surface area contributed by atoms with Gasteiger partial charge in [0.25, 0.3) is 5.91 Å². The van der Waals surface area contributed by atoms with Gasteiger partial charge < -0.3 is 20.1 Å². The number of hydrogen-bond donors (Lipinski definition) is 2. The molecule has 226 valence electrons. The molecule has 0 aliphatic carbocycles. The molecule has 0 aliphatic rings. The van der Waals surface area contributed by atoms with Crippen LogP contribution in [0.15, 0.2) is 133 Å². The topological polar surface area (TPSA) is 95.9 Å². The Kier molecular flexibility index (Phi) is 10.0. The number of carbonyl (C=O) groups is 3. The van der Waals surface area contributed by atoms with Crippen molar-refractivity contribution in [2.45, 2.75) is 19.4 Å². The SMILES string of the molecule is CC=CC(=O)N(CCOc1ccc(C[C@H](Nc2ccccc2C(=O)c2ccccc2)C(=O)O)cc1)c1ccc2ccccc2c1. The van der Waals surface area contributed by atoms with E-state index < -0.39 is 12.0 Å². The number of aliphatic carboxylic acids is 1. The van der Waals surface area contributed by atoms with Crippen molar-refractivity contribution in [3.8, 4) is 5.75 Å². The van der Waals surface area contributed by atoms with Crippen molar-refractivity contribution in [2.24, 2.45) is 0 Å². The first-order valence-corrected chi connectivity index (χ1v) is 14.8. The molecule has 0 unspecified atom stereocenters. The molecule has 45 heavy (non-hydrogen) atoms. The first kappa shape index (κ1) is 30.8. The number of anilines is 2. The molecule has 0 aromatic heterocycles. The van der Waals surface area contributed by atoms with E-state index in [1.54, 1.807) is 71.6 Å². The Bertz CT molecular complexity index is 1820. The van der Waals surface area contributed by atoms with Gasteiger partial charge >= 0.3 is 5.97 Å². The van der Waals surface area contributed by atoms with Crippen LogP contribution in [0.5, 0.6) is 5.75 Å². The Morgan fingerprint density at radius 3 is 2.24 bits per heavy atom. The summed E-state index contributed by atoms with van der Waals surface area (Å²) in [6.45, 7) is 2.42. The van der Waals surface area contributed by atoms with Gasteiger partial charge in [0.2, 0.25) is 0 Å². The van der Waals surface area contributed by atoms with Crippen LogP contribution >= 0.6 is 0 Å². The standard InChI is InChI=1S/C38H34N2O5/c1-2-10-36(41)40(31-20-19-28-11-6-7-14-30(28)26-31)23-24-45-32-21-17-27(18-22-32)25-35(38(43)44)39-34-16-9-8-15-33(34)37(42)29-12-4-3-5-13-29/h2-22,26,35,39H,23-25H2,1H3,(H,43,44)/t35-/m0/s1. The lowest BCUT2D eigenvalue weighted by Crippen LogP contribution is -2.33. The van der Waals surface area contributed by atoms with Crippen molar-refractivity contribution >= 4 is 39.8 Å². The molecule has 7 heteroatoms. The van der Waals surface area contributed by atoms with Crippen LogP contribution in [0.1, 0.15) is 28.4 Å². The smallest absolute Gasteiger partial charge is 0.326 e. The van der Waals surface area contributed by atoms with E-state index in [0.29, 0.717) is 29.1 Å². The van der Waals surface area contributed by atoms with Crippen molar-refractivity contribution in [1.29, 1.82) is 0 Å². The molecule has 0 saturated carbocycles. The number of fused-ring (bicyclic) bond motifs is 1. The predicted molar refractivity (Wildman–Crippen MR) is 178 cm³/mol. The van der Waals surface area contributed by atoms with Crippen molar-refractivity contribution in [3.63, 3.8) is 0 Å². The van der Waals surface area contributed by atoms with Gasteiger partial charge in [-0.15, -0.1) is 0 Å². The summed E-state index contributed by atoms with van der Waals surface area (Å²) >= 11 is 0. The van der Waals surface area contributed by atoms with E-state index in [1.165, 1.54) is 6.08 Å². The van der Waals surface area contributed by atoms with Gasteiger partial charge in [0.15, 0.2) is 5.78 Å². The fourth-order valence-electron chi connectivity index (χ4n) is 5.10. The van der Waals surface area contributed by atoms with Gasteiger partial charge in [0.1, 0.15) is 18.4 Å². The summed E-state index contributed by atoms with van der Waals surface area (Å²) < 4.78 is 5.97. The van der Waals surface area contributed by atoms with Gasteiger partial charge in [0, 0.05) is 28.9 Å². The summed E-state index contributed by atoms with van der Waals surface area (Å²) in [5.74, 6) is -0.742. The number of carbonyl (C=O) groups excluding carboxylic acids is 2. The second-order valence-electron chi connectivity index (χ2n) is 10.5. The molecule has 7 nitrogen and oxygen atoms in total. The second-order valence-corrected chi connectivity index (χ2v) is 10.5. The number of nitrogens with one attached hydrogen (secondary N) is 1. The number of carboxylic acid groups (broad SMARTS) is 1. The number of benzene rings is 5. The lowest BCUT2D eigenvalue weighted by molar-refractivity contribution is -0.137. The first-order valence-electron chi connectivity index (χ1n) is 14.8. The highest BCUT2D eigenvalue weighted by Crippen LogP contribution is 2.24. The zero-order chi connectivity index (χ0) is 31.6. The minimum absolute atomic E-state index is 0.133. The number of ketones is 1. The summed E-state index contributed by atoms with van der Waals surface area (Å²) in [5, 5.41) is 15.2. The molecule has 0 bridgehead atoms. The van der Waals surface area contributed by atoms with E-state index >= 15 is 0 Å². The maximum atomic E-state index is 13.1. The molecule has 0 heterocycles. The minimum Gasteiger partial charge on any atom is -0.492 e. The van der Waals surface area contributed by atoms with E-state index in [1.807, 2.05) is 67.6 Å². The third-order valence-corrected chi connectivity index (χ3v) is 7.40. The van der Waals surface area contributed by atoms with E-state index in [2.05, 4.69) is 5.32 Å². The van der Waals surface area contributed by atoms with Crippen LogP contribution in [0.3, 0.4) is 0 Å². The Morgan fingerprint density at radius 1 is 0.822 bits per heavy atom. The lowest BCUT2D eigenvalue weighted by atomic mass is 10.00. The molecule has 0 spiro atoms.